The van der Waals surface area contributed by atoms with E-state index in [1.165, 1.54) is 9.80 Å². The van der Waals surface area contributed by atoms with Gasteiger partial charge in [0.2, 0.25) is 0 Å². The number of hydrogen-bond acceptors (Lipinski definition) is 6. The number of piperidine rings is 2. The van der Waals surface area contributed by atoms with Gasteiger partial charge in [-0.05, 0) is 50.7 Å². The Morgan fingerprint density at radius 2 is 1.00 bits per heavy atom. The van der Waals surface area contributed by atoms with E-state index in [9.17, 15) is 19.2 Å². The van der Waals surface area contributed by atoms with Crippen LogP contribution in [0.2, 0.25) is 0 Å². The van der Waals surface area contributed by atoms with Crippen LogP contribution in [-0.2, 0) is 32.3 Å². The molecule has 4 rings (SSSR count). The molecule has 2 aliphatic rings. The van der Waals surface area contributed by atoms with Crippen LogP contribution in [0.25, 0.3) is 0 Å². The normalized spacial score (nSPS) is 22.4. The molecular weight excluding hydrogens is 516 g/mol. The van der Waals surface area contributed by atoms with Crippen molar-refractivity contribution in [3.05, 3.63) is 71.8 Å². The molecule has 2 aromatic rings. The summed E-state index contributed by atoms with van der Waals surface area (Å²) in [5.74, 6) is -2.68. The summed E-state index contributed by atoms with van der Waals surface area (Å²) in [5, 5.41) is 18.1. The molecule has 2 aromatic carbocycles. The lowest BCUT2D eigenvalue weighted by Gasteiger charge is -2.35. The van der Waals surface area contributed by atoms with Gasteiger partial charge in [-0.1, -0.05) is 60.7 Å². The van der Waals surface area contributed by atoms with Gasteiger partial charge >= 0.3 is 24.1 Å². The summed E-state index contributed by atoms with van der Waals surface area (Å²) >= 11 is 0. The summed E-state index contributed by atoms with van der Waals surface area (Å²) in [6.45, 7) is 4.71. The number of ether oxygens (including phenoxy) is 2. The number of hydrogen-bond donors (Lipinski definition) is 2. The molecule has 2 fully saturated rings. The lowest BCUT2D eigenvalue weighted by molar-refractivity contribution is -0.144. The molecule has 2 heterocycles. The molecular formula is C30H38N2O8. The van der Waals surface area contributed by atoms with Crippen LogP contribution in [0.4, 0.5) is 9.59 Å². The van der Waals surface area contributed by atoms with Gasteiger partial charge in [0.1, 0.15) is 13.2 Å². The maximum absolute atomic E-state index is 12.1. The summed E-state index contributed by atoms with van der Waals surface area (Å²) in [6.07, 6.45) is 1.73. The molecule has 0 aromatic heterocycles. The molecule has 2 N–H and O–H groups in total. The van der Waals surface area contributed by atoms with Crippen LogP contribution >= 0.6 is 0 Å². The molecule has 2 saturated heterocycles. The Balaban J connectivity index is 0.000000220. The summed E-state index contributed by atoms with van der Waals surface area (Å²) in [4.78, 5) is 49.2. The van der Waals surface area contributed by atoms with Crippen molar-refractivity contribution in [3.8, 4) is 0 Å². The number of amides is 2. The van der Waals surface area contributed by atoms with Crippen molar-refractivity contribution in [2.75, 3.05) is 13.1 Å². The fourth-order valence-electron chi connectivity index (χ4n) is 4.73. The van der Waals surface area contributed by atoms with E-state index in [4.69, 9.17) is 19.7 Å². The SMILES string of the molecule is C[C@@H]1CC[C@@H](C(=O)O)CN1C(=O)OCc1ccccc1.C[C@H]1CC[C@H](C(=O)O)CN1C(=O)OCc1ccccc1. The summed E-state index contributed by atoms with van der Waals surface area (Å²) in [7, 11) is 0. The first kappa shape index (κ1) is 30.5. The van der Waals surface area contributed by atoms with E-state index in [0.717, 1.165) is 11.1 Å². The first-order chi connectivity index (χ1) is 19.2. The van der Waals surface area contributed by atoms with E-state index < -0.39 is 36.0 Å². The molecule has 0 saturated carbocycles. The number of carboxylic acids is 2. The summed E-state index contributed by atoms with van der Waals surface area (Å²) in [6, 6.07) is 18.9. The molecule has 0 unspecified atom stereocenters. The van der Waals surface area contributed by atoms with Crippen LogP contribution in [-0.4, -0.2) is 69.3 Å². The van der Waals surface area contributed by atoms with Gasteiger partial charge in [-0.25, -0.2) is 9.59 Å². The molecule has 0 spiro atoms. The summed E-state index contributed by atoms with van der Waals surface area (Å²) < 4.78 is 10.5. The van der Waals surface area contributed by atoms with Crippen molar-refractivity contribution in [3.63, 3.8) is 0 Å². The van der Waals surface area contributed by atoms with Crippen LogP contribution < -0.4 is 0 Å². The summed E-state index contributed by atoms with van der Waals surface area (Å²) in [5.41, 5.74) is 1.83. The zero-order chi connectivity index (χ0) is 29.1. The van der Waals surface area contributed by atoms with Gasteiger partial charge in [0.05, 0.1) is 11.8 Å². The lowest BCUT2D eigenvalue weighted by Crippen LogP contribution is -2.47. The highest BCUT2D eigenvalue weighted by molar-refractivity contribution is 5.74. The number of likely N-dealkylation sites (tertiary alicyclic amines) is 2. The second-order valence-electron chi connectivity index (χ2n) is 10.3. The second kappa shape index (κ2) is 14.9. The van der Waals surface area contributed by atoms with Gasteiger partial charge in [0.25, 0.3) is 0 Å². The number of carbonyl (C=O) groups is 4. The topological polar surface area (TPSA) is 134 Å². The van der Waals surface area contributed by atoms with Gasteiger partial charge in [-0.3, -0.25) is 9.59 Å². The van der Waals surface area contributed by atoms with Crippen molar-refractivity contribution < 1.29 is 38.9 Å². The largest absolute Gasteiger partial charge is 0.481 e. The first-order valence-corrected chi connectivity index (χ1v) is 13.6. The predicted octanol–water partition coefficient (Wildman–Crippen LogP) is 5.02. The monoisotopic (exact) mass is 554 g/mol. The van der Waals surface area contributed by atoms with Gasteiger partial charge in [-0.2, -0.15) is 0 Å². The third kappa shape index (κ3) is 9.00. The van der Waals surface area contributed by atoms with E-state index in [-0.39, 0.29) is 38.4 Å². The van der Waals surface area contributed by atoms with E-state index in [0.29, 0.717) is 25.7 Å². The molecule has 2 aliphatic heterocycles. The molecule has 10 heteroatoms. The minimum atomic E-state index is -0.849. The van der Waals surface area contributed by atoms with Gasteiger partial charge in [0, 0.05) is 25.2 Å². The van der Waals surface area contributed by atoms with Crippen LogP contribution in [0.1, 0.15) is 50.7 Å². The van der Waals surface area contributed by atoms with Gasteiger partial charge in [-0.15, -0.1) is 0 Å². The molecule has 10 nitrogen and oxygen atoms in total. The van der Waals surface area contributed by atoms with Crippen molar-refractivity contribution in [2.24, 2.45) is 11.8 Å². The molecule has 0 aliphatic carbocycles. The molecule has 2 amide bonds. The third-order valence-electron chi connectivity index (χ3n) is 7.34. The average Bonchev–Trinajstić information content (AvgIpc) is 2.96. The van der Waals surface area contributed by atoms with Crippen LogP contribution in [0.15, 0.2) is 60.7 Å². The smallest absolute Gasteiger partial charge is 0.410 e. The molecule has 4 atom stereocenters. The highest BCUT2D eigenvalue weighted by Gasteiger charge is 2.34. The zero-order valence-electron chi connectivity index (χ0n) is 23.0. The minimum absolute atomic E-state index is 0.0221. The second-order valence-corrected chi connectivity index (χ2v) is 10.3. The third-order valence-corrected chi connectivity index (χ3v) is 7.34. The zero-order valence-corrected chi connectivity index (χ0v) is 23.0. The number of aliphatic carboxylic acids is 2. The van der Waals surface area contributed by atoms with Crippen LogP contribution in [0, 0.1) is 11.8 Å². The molecule has 0 radical (unpaired) electrons. The van der Waals surface area contributed by atoms with E-state index in [1.54, 1.807) is 0 Å². The van der Waals surface area contributed by atoms with Gasteiger partial charge < -0.3 is 29.5 Å². The minimum Gasteiger partial charge on any atom is -0.481 e. The highest BCUT2D eigenvalue weighted by Crippen LogP contribution is 2.24. The highest BCUT2D eigenvalue weighted by atomic mass is 16.6. The lowest BCUT2D eigenvalue weighted by atomic mass is 9.94. The number of carbonyl (C=O) groups excluding carboxylic acids is 2. The Morgan fingerprint density at radius 1 is 0.650 bits per heavy atom. The molecule has 40 heavy (non-hydrogen) atoms. The standard InChI is InChI=1S/2C15H19NO4/c2*1-11-7-8-13(14(17)18)9-16(11)15(19)20-10-12-5-3-2-4-6-12/h2*2-6,11,13H,7-10H2,1H3,(H,17,18)/t2*11-,13-/m10/s1. The van der Waals surface area contributed by atoms with E-state index in [2.05, 4.69) is 0 Å². The Morgan fingerprint density at radius 3 is 1.32 bits per heavy atom. The Bertz CT molecular complexity index is 1040. The maximum Gasteiger partial charge on any atom is 0.410 e. The number of rotatable bonds is 6. The number of carboxylic acid groups (broad SMARTS) is 2. The van der Waals surface area contributed by atoms with Crippen LogP contribution in [0.3, 0.4) is 0 Å². The fraction of sp³-hybridized carbons (Fsp3) is 0.467. The van der Waals surface area contributed by atoms with Gasteiger partial charge in [0.15, 0.2) is 0 Å². The van der Waals surface area contributed by atoms with Crippen molar-refractivity contribution >= 4 is 24.1 Å². The quantitative estimate of drug-likeness (QED) is 0.509. The van der Waals surface area contributed by atoms with Crippen LogP contribution in [0.5, 0.6) is 0 Å². The number of nitrogens with zero attached hydrogens (tertiary/aromatic N) is 2. The Kier molecular flexibility index (Phi) is 11.4. The first-order valence-electron chi connectivity index (χ1n) is 13.6. The fourth-order valence-corrected chi connectivity index (χ4v) is 4.73. The Hall–Kier alpha value is -4.08. The maximum atomic E-state index is 12.1. The molecule has 216 valence electrons. The van der Waals surface area contributed by atoms with Crippen molar-refractivity contribution in [1.82, 2.24) is 9.80 Å². The average molecular weight is 555 g/mol. The predicted molar refractivity (Wildman–Crippen MR) is 146 cm³/mol. The van der Waals surface area contributed by atoms with Crippen molar-refractivity contribution in [1.29, 1.82) is 0 Å². The van der Waals surface area contributed by atoms with E-state index >= 15 is 0 Å². The number of benzene rings is 2. The van der Waals surface area contributed by atoms with E-state index in [1.807, 2.05) is 74.5 Å². The van der Waals surface area contributed by atoms with Crippen molar-refractivity contribution in [2.45, 2.75) is 64.8 Å². The Labute approximate surface area is 234 Å². The molecule has 0 bridgehead atoms.